The van der Waals surface area contributed by atoms with E-state index in [1.165, 1.54) is 12.1 Å². The number of rotatable bonds is 6. The molecule has 0 aromatic heterocycles. The van der Waals surface area contributed by atoms with E-state index in [0.717, 1.165) is 22.3 Å². The molecule has 4 rings (SSSR count). The van der Waals surface area contributed by atoms with Crippen LogP contribution in [0.2, 0.25) is 0 Å². The largest absolute Gasteiger partial charge is 0.508 e. The molecule has 0 spiro atoms. The van der Waals surface area contributed by atoms with E-state index in [0.29, 0.717) is 33.4 Å². The molecular formula is C32H34O6. The number of aryl methyl sites for hydroxylation is 4. The third-order valence-electron chi connectivity index (χ3n) is 7.20. The Morgan fingerprint density at radius 3 is 1.21 bits per heavy atom. The average Bonchev–Trinajstić information content (AvgIpc) is 2.83. The maximum atomic E-state index is 10.7. The van der Waals surface area contributed by atoms with E-state index in [9.17, 15) is 30.6 Å². The number of benzene rings is 4. The number of phenolic OH excluding ortho intramolecular Hbond substituents is 6. The van der Waals surface area contributed by atoms with Gasteiger partial charge in [-0.15, -0.1) is 0 Å². The normalized spacial score (nSPS) is 11.3. The van der Waals surface area contributed by atoms with Gasteiger partial charge in [-0.2, -0.15) is 0 Å². The van der Waals surface area contributed by atoms with Gasteiger partial charge in [-0.3, -0.25) is 0 Å². The van der Waals surface area contributed by atoms with Crippen molar-refractivity contribution in [3.05, 3.63) is 104 Å². The van der Waals surface area contributed by atoms with Gasteiger partial charge in [0, 0.05) is 42.0 Å². The highest BCUT2D eigenvalue weighted by atomic mass is 16.3. The van der Waals surface area contributed by atoms with Gasteiger partial charge in [0.2, 0.25) is 0 Å². The summed E-state index contributed by atoms with van der Waals surface area (Å²) in [5.74, 6) is -0.653. The fourth-order valence-electron chi connectivity index (χ4n) is 5.20. The number of aromatic hydroxyl groups is 6. The molecule has 0 aliphatic rings. The Morgan fingerprint density at radius 1 is 0.474 bits per heavy atom. The van der Waals surface area contributed by atoms with E-state index in [-0.39, 0.29) is 47.3 Å². The van der Waals surface area contributed by atoms with Gasteiger partial charge in [-0.1, -0.05) is 42.3 Å². The molecule has 0 atom stereocenters. The van der Waals surface area contributed by atoms with Crippen molar-refractivity contribution in [2.45, 2.75) is 53.4 Å². The second-order valence-electron chi connectivity index (χ2n) is 10.3. The minimum atomic E-state index is -0.505. The van der Waals surface area contributed by atoms with E-state index in [2.05, 4.69) is 0 Å². The van der Waals surface area contributed by atoms with Crippen molar-refractivity contribution in [2.75, 3.05) is 0 Å². The zero-order valence-corrected chi connectivity index (χ0v) is 22.3. The quantitative estimate of drug-likeness (QED) is 0.175. The van der Waals surface area contributed by atoms with Crippen molar-refractivity contribution in [1.82, 2.24) is 0 Å². The van der Waals surface area contributed by atoms with Crippen molar-refractivity contribution in [2.24, 2.45) is 0 Å². The summed E-state index contributed by atoms with van der Waals surface area (Å²) in [6.07, 6.45) is 0.498. The Bertz CT molecular complexity index is 1420. The molecule has 0 amide bonds. The Kier molecular flexibility index (Phi) is 7.18. The molecule has 0 heterocycles. The summed E-state index contributed by atoms with van der Waals surface area (Å²) in [7, 11) is 0. The van der Waals surface area contributed by atoms with Crippen LogP contribution in [0.25, 0.3) is 0 Å². The van der Waals surface area contributed by atoms with Gasteiger partial charge in [0.05, 0.1) is 0 Å². The van der Waals surface area contributed by atoms with Gasteiger partial charge in [-0.05, 0) is 73.2 Å². The second kappa shape index (κ2) is 10.2. The molecule has 4 aromatic rings. The van der Waals surface area contributed by atoms with E-state index >= 15 is 0 Å². The molecule has 6 nitrogen and oxygen atoms in total. The standard InChI is InChI=1S/C32H34O6/c1-16-6-18(3)31(37)23(8-16)10-21-12-25(29(35)14-27(21)33)20(5)26-13-22(28(34)15-30(26)36)11-24-9-17(2)7-19(4)32(24)38/h6-9,12-15,20,33-38H,10-11H2,1-5H3. The molecule has 4 aromatic carbocycles. The number of phenols is 6. The predicted octanol–water partition coefficient (Wildman–Crippen LogP) is 6.49. The molecular weight excluding hydrogens is 480 g/mol. The first-order valence-electron chi connectivity index (χ1n) is 12.5. The van der Waals surface area contributed by atoms with Crippen LogP contribution < -0.4 is 0 Å². The smallest absolute Gasteiger partial charge is 0.123 e. The maximum absolute atomic E-state index is 10.7. The zero-order chi connectivity index (χ0) is 27.9. The van der Waals surface area contributed by atoms with Gasteiger partial charge < -0.3 is 30.6 Å². The molecule has 0 aliphatic carbocycles. The molecule has 0 aliphatic heterocycles. The topological polar surface area (TPSA) is 121 Å². The lowest BCUT2D eigenvalue weighted by Crippen LogP contribution is -2.02. The van der Waals surface area contributed by atoms with Crippen LogP contribution >= 0.6 is 0 Å². The van der Waals surface area contributed by atoms with Gasteiger partial charge in [-0.25, -0.2) is 0 Å². The van der Waals surface area contributed by atoms with Crippen LogP contribution in [0.4, 0.5) is 0 Å². The Morgan fingerprint density at radius 2 is 0.842 bits per heavy atom. The third kappa shape index (κ3) is 5.21. The van der Waals surface area contributed by atoms with E-state index in [1.807, 2.05) is 58.9 Å². The van der Waals surface area contributed by atoms with Gasteiger partial charge in [0.15, 0.2) is 0 Å². The van der Waals surface area contributed by atoms with Gasteiger partial charge in [0.25, 0.3) is 0 Å². The van der Waals surface area contributed by atoms with Crippen molar-refractivity contribution in [1.29, 1.82) is 0 Å². The highest BCUT2D eigenvalue weighted by Gasteiger charge is 2.22. The summed E-state index contributed by atoms with van der Waals surface area (Å²) in [4.78, 5) is 0. The Balaban J connectivity index is 1.74. The molecule has 0 saturated carbocycles. The molecule has 0 unspecified atom stereocenters. The molecule has 198 valence electrons. The molecule has 38 heavy (non-hydrogen) atoms. The molecule has 0 fully saturated rings. The first-order valence-corrected chi connectivity index (χ1v) is 12.5. The highest BCUT2D eigenvalue weighted by Crippen LogP contribution is 2.42. The summed E-state index contributed by atoms with van der Waals surface area (Å²) in [6, 6.07) is 13.4. The fraction of sp³-hybridized carbons (Fsp3) is 0.250. The summed E-state index contributed by atoms with van der Waals surface area (Å²) in [5.41, 5.74) is 6.75. The van der Waals surface area contributed by atoms with Crippen LogP contribution in [0, 0.1) is 27.7 Å². The lowest BCUT2D eigenvalue weighted by molar-refractivity contribution is 0.435. The van der Waals surface area contributed by atoms with Crippen LogP contribution in [0.15, 0.2) is 48.5 Å². The van der Waals surface area contributed by atoms with Crippen molar-refractivity contribution >= 4 is 0 Å². The minimum absolute atomic E-state index is 0.0991. The third-order valence-corrected chi connectivity index (χ3v) is 7.20. The zero-order valence-electron chi connectivity index (χ0n) is 22.3. The monoisotopic (exact) mass is 514 g/mol. The van der Waals surface area contributed by atoms with E-state index < -0.39 is 5.92 Å². The molecule has 0 saturated heterocycles. The van der Waals surface area contributed by atoms with Crippen LogP contribution in [0.3, 0.4) is 0 Å². The van der Waals surface area contributed by atoms with Crippen LogP contribution in [0.5, 0.6) is 34.5 Å². The Labute approximate surface area is 222 Å². The highest BCUT2D eigenvalue weighted by molar-refractivity contribution is 5.57. The molecule has 0 radical (unpaired) electrons. The predicted molar refractivity (Wildman–Crippen MR) is 148 cm³/mol. The van der Waals surface area contributed by atoms with Gasteiger partial charge in [0.1, 0.15) is 34.5 Å². The van der Waals surface area contributed by atoms with Crippen molar-refractivity contribution in [3.63, 3.8) is 0 Å². The number of hydrogen-bond donors (Lipinski definition) is 6. The summed E-state index contributed by atoms with van der Waals surface area (Å²) in [5, 5.41) is 63.7. The Hall–Kier alpha value is -4.32. The second-order valence-corrected chi connectivity index (χ2v) is 10.3. The molecule has 0 bridgehead atoms. The lowest BCUT2D eigenvalue weighted by atomic mass is 9.87. The van der Waals surface area contributed by atoms with E-state index in [1.54, 1.807) is 12.1 Å². The van der Waals surface area contributed by atoms with Crippen molar-refractivity contribution < 1.29 is 30.6 Å². The number of hydrogen-bond acceptors (Lipinski definition) is 6. The summed E-state index contributed by atoms with van der Waals surface area (Å²) in [6.45, 7) is 9.32. The lowest BCUT2D eigenvalue weighted by Gasteiger charge is -2.20. The van der Waals surface area contributed by atoms with Crippen LogP contribution in [0.1, 0.15) is 68.5 Å². The minimum Gasteiger partial charge on any atom is -0.508 e. The molecule has 6 heteroatoms. The SMILES string of the molecule is Cc1cc(C)c(O)c(Cc2cc(C(C)c3cc(Cc4cc(C)cc(C)c4O)c(O)cc3O)c(O)cc2O)c1. The van der Waals surface area contributed by atoms with Crippen molar-refractivity contribution in [3.8, 4) is 34.5 Å². The fourth-order valence-corrected chi connectivity index (χ4v) is 5.20. The van der Waals surface area contributed by atoms with E-state index in [4.69, 9.17) is 0 Å². The maximum Gasteiger partial charge on any atom is 0.123 e. The average molecular weight is 515 g/mol. The summed E-state index contributed by atoms with van der Waals surface area (Å²) < 4.78 is 0. The first kappa shape index (κ1) is 26.7. The van der Waals surface area contributed by atoms with Crippen LogP contribution in [-0.4, -0.2) is 30.6 Å². The summed E-state index contributed by atoms with van der Waals surface area (Å²) >= 11 is 0. The first-order chi connectivity index (χ1) is 17.8. The molecule has 6 N–H and O–H groups in total. The van der Waals surface area contributed by atoms with Crippen LogP contribution in [-0.2, 0) is 12.8 Å². The van der Waals surface area contributed by atoms with Gasteiger partial charge >= 0.3 is 0 Å².